The van der Waals surface area contributed by atoms with Gasteiger partial charge in [0.1, 0.15) is 11.6 Å². The number of hydrogen-bond acceptors (Lipinski definition) is 5. The molecule has 0 atom stereocenters. The van der Waals surface area contributed by atoms with Gasteiger partial charge in [-0.3, -0.25) is 14.7 Å². The Bertz CT molecular complexity index is 901. The Kier molecular flexibility index (Phi) is 4.53. The van der Waals surface area contributed by atoms with Crippen LogP contribution < -0.4 is 4.74 Å². The van der Waals surface area contributed by atoms with Gasteiger partial charge in [-0.05, 0) is 24.3 Å². The Labute approximate surface area is 151 Å². The summed E-state index contributed by atoms with van der Waals surface area (Å²) in [6.07, 6.45) is 3.30. The largest absolute Gasteiger partial charge is 0.497 e. The molecule has 7 heteroatoms. The topological polar surface area (TPSA) is 74.3 Å². The van der Waals surface area contributed by atoms with Gasteiger partial charge in [-0.2, -0.15) is 0 Å². The van der Waals surface area contributed by atoms with Crippen molar-refractivity contribution in [1.29, 1.82) is 0 Å². The van der Waals surface area contributed by atoms with Crippen molar-refractivity contribution in [3.63, 3.8) is 0 Å². The fourth-order valence-corrected chi connectivity index (χ4v) is 3.24. The van der Waals surface area contributed by atoms with Crippen LogP contribution in [0.25, 0.3) is 11.0 Å². The number of nitrogens with zero attached hydrogens (tertiary/aromatic N) is 4. The smallest absolute Gasteiger partial charge is 0.255 e. The first-order valence-corrected chi connectivity index (χ1v) is 8.67. The molecular weight excluding hydrogens is 330 g/mol. The number of fused-ring (bicyclic) bond motifs is 1. The number of carbonyl (C=O) groups is 1. The van der Waals surface area contributed by atoms with Crippen LogP contribution in [0.3, 0.4) is 0 Å². The van der Waals surface area contributed by atoms with Crippen LogP contribution in [0.5, 0.6) is 5.75 Å². The molecule has 3 heterocycles. The maximum absolute atomic E-state index is 12.5. The Morgan fingerprint density at radius 1 is 1.23 bits per heavy atom. The van der Waals surface area contributed by atoms with Gasteiger partial charge < -0.3 is 14.6 Å². The molecule has 1 amide bonds. The van der Waals surface area contributed by atoms with Gasteiger partial charge >= 0.3 is 0 Å². The van der Waals surface area contributed by atoms with Crippen LogP contribution in [0.4, 0.5) is 0 Å². The minimum Gasteiger partial charge on any atom is -0.497 e. The summed E-state index contributed by atoms with van der Waals surface area (Å²) < 4.78 is 5.25. The maximum atomic E-state index is 12.5. The summed E-state index contributed by atoms with van der Waals surface area (Å²) in [5.41, 5.74) is 2.56. The number of rotatable bonds is 4. The number of carbonyl (C=O) groups excluding carboxylic acids is 1. The van der Waals surface area contributed by atoms with Gasteiger partial charge in [0.25, 0.3) is 5.91 Å². The van der Waals surface area contributed by atoms with Crippen molar-refractivity contribution in [3.05, 3.63) is 54.1 Å². The Hall–Kier alpha value is -2.93. The molecule has 0 aliphatic carbocycles. The van der Waals surface area contributed by atoms with Crippen LogP contribution in [0.1, 0.15) is 16.2 Å². The first kappa shape index (κ1) is 16.5. The normalized spacial score (nSPS) is 15.3. The molecule has 1 fully saturated rings. The second-order valence-corrected chi connectivity index (χ2v) is 6.38. The van der Waals surface area contributed by atoms with Crippen molar-refractivity contribution in [3.8, 4) is 5.75 Å². The number of hydrogen-bond donors (Lipinski definition) is 1. The van der Waals surface area contributed by atoms with Crippen molar-refractivity contribution in [2.24, 2.45) is 0 Å². The molecule has 1 saturated heterocycles. The van der Waals surface area contributed by atoms with Gasteiger partial charge in [0, 0.05) is 44.6 Å². The van der Waals surface area contributed by atoms with E-state index in [9.17, 15) is 4.79 Å². The number of ether oxygens (including phenoxy) is 1. The van der Waals surface area contributed by atoms with Crippen LogP contribution in [0.15, 0.2) is 42.7 Å². The number of imidazole rings is 1. The third kappa shape index (κ3) is 3.39. The van der Waals surface area contributed by atoms with E-state index in [1.54, 1.807) is 25.6 Å². The zero-order valence-electron chi connectivity index (χ0n) is 14.7. The highest BCUT2D eigenvalue weighted by Gasteiger charge is 2.22. The molecule has 0 bridgehead atoms. The lowest BCUT2D eigenvalue weighted by Gasteiger charge is -2.34. The predicted molar refractivity (Wildman–Crippen MR) is 98.1 cm³/mol. The highest BCUT2D eigenvalue weighted by atomic mass is 16.5. The molecular formula is C19H21N5O2. The third-order valence-electron chi connectivity index (χ3n) is 4.68. The summed E-state index contributed by atoms with van der Waals surface area (Å²) in [6, 6.07) is 9.43. The van der Waals surface area contributed by atoms with E-state index in [0.29, 0.717) is 18.7 Å². The van der Waals surface area contributed by atoms with E-state index in [1.807, 2.05) is 29.2 Å². The van der Waals surface area contributed by atoms with E-state index in [0.717, 1.165) is 42.2 Å². The Balaban J connectivity index is 1.37. The zero-order chi connectivity index (χ0) is 17.9. The summed E-state index contributed by atoms with van der Waals surface area (Å²) in [6.45, 7) is 3.81. The monoisotopic (exact) mass is 351 g/mol. The Morgan fingerprint density at radius 2 is 2.08 bits per heavy atom. The molecule has 1 N–H and O–H groups in total. The number of methoxy groups -OCH3 is 1. The number of H-pyrrole nitrogens is 1. The van der Waals surface area contributed by atoms with E-state index in [1.165, 1.54) is 0 Å². The summed E-state index contributed by atoms with van der Waals surface area (Å²) in [5, 5.41) is 0. The highest BCUT2D eigenvalue weighted by Crippen LogP contribution is 2.19. The second-order valence-electron chi connectivity index (χ2n) is 6.38. The van der Waals surface area contributed by atoms with Gasteiger partial charge in [0.2, 0.25) is 0 Å². The predicted octanol–water partition coefficient (Wildman–Crippen LogP) is 1.92. The molecule has 0 saturated carbocycles. The molecule has 4 rings (SSSR count). The number of nitrogens with one attached hydrogen (secondary N) is 1. The quantitative estimate of drug-likeness (QED) is 0.777. The molecule has 134 valence electrons. The summed E-state index contributed by atoms with van der Waals surface area (Å²) >= 11 is 0. The van der Waals surface area contributed by atoms with Gasteiger partial charge in [-0.1, -0.05) is 0 Å². The molecule has 7 nitrogen and oxygen atoms in total. The van der Waals surface area contributed by atoms with Crippen LogP contribution in [0.2, 0.25) is 0 Å². The standard InChI is InChI=1S/C19H21N5O2/c1-26-15-4-5-16-17(11-15)22-18(21-16)13-23-7-9-24(10-8-23)19(25)14-3-2-6-20-12-14/h2-6,11-12H,7-10,13H2,1H3,(H,21,22). The van der Waals surface area contributed by atoms with E-state index in [4.69, 9.17) is 4.74 Å². The SMILES string of the molecule is COc1ccc2nc(CN3CCN(C(=O)c4cccnc4)CC3)[nH]c2c1. The van der Waals surface area contributed by atoms with E-state index in [2.05, 4.69) is 19.9 Å². The lowest BCUT2D eigenvalue weighted by Crippen LogP contribution is -2.48. The summed E-state index contributed by atoms with van der Waals surface area (Å²) in [4.78, 5) is 28.7. The highest BCUT2D eigenvalue weighted by molar-refractivity contribution is 5.93. The number of aromatic amines is 1. The molecule has 1 aliphatic heterocycles. The fraction of sp³-hybridized carbons (Fsp3) is 0.316. The van der Waals surface area contributed by atoms with Gasteiger partial charge in [0.15, 0.2) is 0 Å². The van der Waals surface area contributed by atoms with Crippen LogP contribution >= 0.6 is 0 Å². The molecule has 2 aromatic heterocycles. The minimum atomic E-state index is 0.0496. The maximum Gasteiger partial charge on any atom is 0.255 e. The lowest BCUT2D eigenvalue weighted by molar-refractivity contribution is 0.0625. The van der Waals surface area contributed by atoms with Crippen molar-refractivity contribution in [2.75, 3.05) is 33.3 Å². The summed E-state index contributed by atoms with van der Waals surface area (Å²) in [5.74, 6) is 1.80. The van der Waals surface area contributed by atoms with Gasteiger partial charge in [0.05, 0.1) is 30.3 Å². The summed E-state index contributed by atoms with van der Waals surface area (Å²) in [7, 11) is 1.66. The molecule has 0 unspecified atom stereocenters. The van der Waals surface area contributed by atoms with E-state index >= 15 is 0 Å². The first-order chi connectivity index (χ1) is 12.7. The number of piperazine rings is 1. The molecule has 26 heavy (non-hydrogen) atoms. The number of amides is 1. The Morgan fingerprint density at radius 3 is 2.81 bits per heavy atom. The molecule has 1 aromatic carbocycles. The molecule has 1 aliphatic rings. The minimum absolute atomic E-state index is 0.0496. The number of benzene rings is 1. The molecule has 0 radical (unpaired) electrons. The van der Waals surface area contributed by atoms with Crippen molar-refractivity contribution in [1.82, 2.24) is 24.8 Å². The van der Waals surface area contributed by atoms with Crippen molar-refractivity contribution in [2.45, 2.75) is 6.54 Å². The van der Waals surface area contributed by atoms with E-state index < -0.39 is 0 Å². The number of pyridine rings is 1. The van der Waals surface area contributed by atoms with Crippen LogP contribution in [0, 0.1) is 0 Å². The van der Waals surface area contributed by atoms with Crippen molar-refractivity contribution >= 4 is 16.9 Å². The average molecular weight is 351 g/mol. The molecule has 0 spiro atoms. The zero-order valence-corrected chi connectivity index (χ0v) is 14.7. The van der Waals surface area contributed by atoms with E-state index in [-0.39, 0.29) is 5.91 Å². The molecule has 3 aromatic rings. The van der Waals surface area contributed by atoms with Gasteiger partial charge in [-0.25, -0.2) is 4.98 Å². The lowest BCUT2D eigenvalue weighted by atomic mass is 10.2. The van der Waals surface area contributed by atoms with Gasteiger partial charge in [-0.15, -0.1) is 0 Å². The fourth-order valence-electron chi connectivity index (χ4n) is 3.24. The van der Waals surface area contributed by atoms with Crippen LogP contribution in [-0.2, 0) is 6.54 Å². The van der Waals surface area contributed by atoms with Crippen molar-refractivity contribution < 1.29 is 9.53 Å². The van der Waals surface area contributed by atoms with Crippen LogP contribution in [-0.4, -0.2) is 63.9 Å². The first-order valence-electron chi connectivity index (χ1n) is 8.67. The third-order valence-corrected chi connectivity index (χ3v) is 4.68. The number of aromatic nitrogens is 3. The average Bonchev–Trinajstić information content (AvgIpc) is 3.10. The second kappa shape index (κ2) is 7.13.